The van der Waals surface area contributed by atoms with Crippen LogP contribution in [0.4, 0.5) is 5.95 Å². The van der Waals surface area contributed by atoms with Crippen molar-refractivity contribution < 1.29 is 4.79 Å². The van der Waals surface area contributed by atoms with E-state index < -0.39 is 0 Å². The van der Waals surface area contributed by atoms with Gasteiger partial charge in [-0.05, 0) is 32.3 Å². The number of carbonyl (C=O) groups is 1. The van der Waals surface area contributed by atoms with Gasteiger partial charge < -0.3 is 9.80 Å². The lowest BCUT2D eigenvalue weighted by Gasteiger charge is -2.30. The summed E-state index contributed by atoms with van der Waals surface area (Å²) in [6.07, 6.45) is 9.75. The minimum atomic E-state index is 0.0918. The molecule has 25 heavy (non-hydrogen) atoms. The van der Waals surface area contributed by atoms with Crippen molar-refractivity contribution in [2.75, 3.05) is 18.0 Å². The van der Waals surface area contributed by atoms with Gasteiger partial charge in [0, 0.05) is 62.4 Å². The van der Waals surface area contributed by atoms with Gasteiger partial charge in [-0.3, -0.25) is 4.79 Å². The molecular weight excluding hydrogens is 316 g/mol. The van der Waals surface area contributed by atoms with Gasteiger partial charge in [-0.25, -0.2) is 19.9 Å². The Labute approximate surface area is 148 Å². The smallest absolute Gasteiger partial charge is 0.225 e. The van der Waals surface area contributed by atoms with E-state index in [4.69, 9.17) is 0 Å². The summed E-state index contributed by atoms with van der Waals surface area (Å²) in [7, 11) is 0. The first kappa shape index (κ1) is 17.3. The van der Waals surface area contributed by atoms with Crippen LogP contribution in [0.15, 0.2) is 31.0 Å². The average Bonchev–Trinajstić information content (AvgIpc) is 2.86. The van der Waals surface area contributed by atoms with E-state index in [9.17, 15) is 4.79 Å². The van der Waals surface area contributed by atoms with Gasteiger partial charge in [-0.15, -0.1) is 0 Å². The summed E-state index contributed by atoms with van der Waals surface area (Å²) in [4.78, 5) is 33.4. The third-order valence-corrected chi connectivity index (χ3v) is 4.57. The molecular formula is C18H24N6O. The highest BCUT2D eigenvalue weighted by Gasteiger charge is 2.25. The number of amides is 1. The second-order valence-electron chi connectivity index (χ2n) is 6.46. The zero-order chi connectivity index (χ0) is 17.6. The van der Waals surface area contributed by atoms with Crippen molar-refractivity contribution in [2.24, 2.45) is 0 Å². The molecule has 0 aromatic carbocycles. The third kappa shape index (κ3) is 4.49. The number of aryl methyl sites for hydroxylation is 1. The molecule has 0 aliphatic carbocycles. The van der Waals surface area contributed by atoms with Crippen molar-refractivity contribution in [2.45, 2.75) is 45.7 Å². The first-order valence-electron chi connectivity index (χ1n) is 8.69. The molecule has 1 amide bonds. The molecule has 0 bridgehead atoms. The standard InChI is InChI=1S/C18H24N6O/c1-14-5-7-21-18(22-14)23-8-3-4-17(6-9-23)24(15(2)25)12-16-10-19-13-20-11-16/h5,7,10-11,13,17H,3-4,6,8-9,12H2,1-2H3. The van der Waals surface area contributed by atoms with Crippen LogP contribution in [0.2, 0.25) is 0 Å². The van der Waals surface area contributed by atoms with Crippen LogP contribution in [0.25, 0.3) is 0 Å². The van der Waals surface area contributed by atoms with Crippen LogP contribution >= 0.6 is 0 Å². The van der Waals surface area contributed by atoms with Crippen LogP contribution in [-0.4, -0.2) is 49.9 Å². The molecule has 132 valence electrons. The average molecular weight is 340 g/mol. The second-order valence-corrected chi connectivity index (χ2v) is 6.46. The summed E-state index contributed by atoms with van der Waals surface area (Å²) in [6.45, 7) is 5.94. The van der Waals surface area contributed by atoms with Crippen LogP contribution in [0.1, 0.15) is 37.4 Å². The fourth-order valence-corrected chi connectivity index (χ4v) is 3.28. The molecule has 1 unspecified atom stereocenters. The molecule has 3 heterocycles. The lowest BCUT2D eigenvalue weighted by molar-refractivity contribution is -0.132. The summed E-state index contributed by atoms with van der Waals surface area (Å²) in [5.41, 5.74) is 1.93. The maximum atomic E-state index is 12.2. The number of nitrogens with zero attached hydrogens (tertiary/aromatic N) is 6. The second kappa shape index (κ2) is 8.00. The van der Waals surface area contributed by atoms with Crippen LogP contribution < -0.4 is 4.90 Å². The SMILES string of the molecule is CC(=O)N(Cc1cncnc1)C1CCCN(c2nccc(C)n2)CC1. The molecule has 7 heteroatoms. The Hall–Kier alpha value is -2.57. The number of hydrogen-bond acceptors (Lipinski definition) is 6. The molecule has 3 rings (SSSR count). The number of rotatable bonds is 4. The molecule has 0 N–H and O–H groups in total. The Balaban J connectivity index is 1.68. The predicted molar refractivity (Wildman–Crippen MR) is 94.9 cm³/mol. The minimum Gasteiger partial charge on any atom is -0.341 e. The number of carbonyl (C=O) groups excluding carboxylic acids is 1. The molecule has 1 saturated heterocycles. The van der Waals surface area contributed by atoms with E-state index in [1.807, 2.05) is 17.9 Å². The van der Waals surface area contributed by atoms with Crippen LogP contribution in [0.5, 0.6) is 0 Å². The van der Waals surface area contributed by atoms with E-state index in [2.05, 4.69) is 24.8 Å². The predicted octanol–water partition coefficient (Wildman–Crippen LogP) is 1.98. The lowest BCUT2D eigenvalue weighted by Crippen LogP contribution is -2.39. The fourth-order valence-electron chi connectivity index (χ4n) is 3.28. The summed E-state index contributed by atoms with van der Waals surface area (Å²) >= 11 is 0. The largest absolute Gasteiger partial charge is 0.341 e. The van der Waals surface area contributed by atoms with Gasteiger partial charge in [0.05, 0.1) is 0 Å². The quantitative estimate of drug-likeness (QED) is 0.847. The van der Waals surface area contributed by atoms with E-state index in [1.54, 1.807) is 25.5 Å². The molecule has 0 radical (unpaired) electrons. The molecule has 1 fully saturated rings. The van der Waals surface area contributed by atoms with Crippen molar-refractivity contribution in [3.05, 3.63) is 42.2 Å². The molecule has 7 nitrogen and oxygen atoms in total. The van der Waals surface area contributed by atoms with Crippen LogP contribution in [0, 0.1) is 6.92 Å². The molecule has 1 aliphatic rings. The Kier molecular flexibility index (Phi) is 5.53. The first-order valence-corrected chi connectivity index (χ1v) is 8.69. The highest BCUT2D eigenvalue weighted by Crippen LogP contribution is 2.21. The van der Waals surface area contributed by atoms with Gasteiger partial charge >= 0.3 is 0 Å². The Morgan fingerprint density at radius 3 is 2.80 bits per heavy atom. The molecule has 1 aliphatic heterocycles. The van der Waals surface area contributed by atoms with Crippen molar-refractivity contribution in [1.29, 1.82) is 0 Å². The summed E-state index contributed by atoms with van der Waals surface area (Å²) in [6, 6.07) is 2.12. The summed E-state index contributed by atoms with van der Waals surface area (Å²) in [5, 5.41) is 0. The van der Waals surface area contributed by atoms with Crippen LogP contribution in [-0.2, 0) is 11.3 Å². The Morgan fingerprint density at radius 2 is 2.08 bits per heavy atom. The molecule has 1 atom stereocenters. The van der Waals surface area contributed by atoms with Crippen LogP contribution in [0.3, 0.4) is 0 Å². The lowest BCUT2D eigenvalue weighted by atomic mass is 10.1. The molecule has 2 aromatic rings. The fraction of sp³-hybridized carbons (Fsp3) is 0.500. The zero-order valence-electron chi connectivity index (χ0n) is 14.8. The summed E-state index contributed by atoms with van der Waals surface area (Å²) < 4.78 is 0. The van der Waals surface area contributed by atoms with Crippen molar-refractivity contribution in [3.63, 3.8) is 0 Å². The highest BCUT2D eigenvalue weighted by atomic mass is 16.2. The minimum absolute atomic E-state index is 0.0918. The molecule has 0 saturated carbocycles. The third-order valence-electron chi connectivity index (χ3n) is 4.57. The zero-order valence-corrected chi connectivity index (χ0v) is 14.8. The monoisotopic (exact) mass is 340 g/mol. The van der Waals surface area contributed by atoms with E-state index in [1.165, 1.54) is 6.33 Å². The number of aromatic nitrogens is 4. The van der Waals surface area contributed by atoms with Crippen molar-refractivity contribution >= 4 is 11.9 Å². The van der Waals surface area contributed by atoms with Gasteiger partial charge in [0.2, 0.25) is 11.9 Å². The number of hydrogen-bond donors (Lipinski definition) is 0. The van der Waals surface area contributed by atoms with Gasteiger partial charge in [-0.1, -0.05) is 0 Å². The van der Waals surface area contributed by atoms with E-state index in [-0.39, 0.29) is 11.9 Å². The van der Waals surface area contributed by atoms with Crippen molar-refractivity contribution in [1.82, 2.24) is 24.8 Å². The van der Waals surface area contributed by atoms with Gasteiger partial charge in [-0.2, -0.15) is 0 Å². The summed E-state index contributed by atoms with van der Waals surface area (Å²) in [5.74, 6) is 0.876. The molecule has 0 spiro atoms. The normalized spacial score (nSPS) is 17.8. The van der Waals surface area contributed by atoms with Crippen molar-refractivity contribution in [3.8, 4) is 0 Å². The maximum Gasteiger partial charge on any atom is 0.225 e. The van der Waals surface area contributed by atoms with Gasteiger partial charge in [0.25, 0.3) is 0 Å². The first-order chi connectivity index (χ1) is 12.1. The number of anilines is 1. The Morgan fingerprint density at radius 1 is 1.28 bits per heavy atom. The van der Waals surface area contributed by atoms with E-state index >= 15 is 0 Å². The van der Waals surface area contributed by atoms with E-state index in [0.717, 1.165) is 49.6 Å². The highest BCUT2D eigenvalue weighted by molar-refractivity contribution is 5.73. The topological polar surface area (TPSA) is 75.1 Å². The van der Waals surface area contributed by atoms with Gasteiger partial charge in [0.15, 0.2) is 0 Å². The maximum absolute atomic E-state index is 12.2. The van der Waals surface area contributed by atoms with Gasteiger partial charge in [0.1, 0.15) is 6.33 Å². The van der Waals surface area contributed by atoms with E-state index in [0.29, 0.717) is 6.54 Å². The molecule has 2 aromatic heterocycles. The Bertz CT molecular complexity index is 708.